The number of nitrogens with one attached hydrogen (secondary N) is 1. The maximum Gasteiger partial charge on any atom is 0.416 e. The van der Waals surface area contributed by atoms with E-state index in [9.17, 15) is 22.8 Å². The van der Waals surface area contributed by atoms with Crippen molar-refractivity contribution < 1.29 is 22.8 Å². The number of nitrogens with zero attached hydrogens (tertiary/aromatic N) is 1. The van der Waals surface area contributed by atoms with Gasteiger partial charge in [-0.3, -0.25) is 14.6 Å². The lowest BCUT2D eigenvalue weighted by Crippen LogP contribution is -2.23. The smallest absolute Gasteiger partial charge is 0.348 e. The molecule has 1 amide bonds. The Kier molecular flexibility index (Phi) is 5.33. The van der Waals surface area contributed by atoms with Crippen molar-refractivity contribution in [3.8, 4) is 0 Å². The van der Waals surface area contributed by atoms with Gasteiger partial charge in [0.1, 0.15) is 5.78 Å². The van der Waals surface area contributed by atoms with Crippen LogP contribution in [0.5, 0.6) is 0 Å². The van der Waals surface area contributed by atoms with Gasteiger partial charge in [-0.25, -0.2) is 0 Å². The predicted molar refractivity (Wildman–Crippen MR) is 81.2 cm³/mol. The van der Waals surface area contributed by atoms with E-state index in [-0.39, 0.29) is 18.7 Å². The summed E-state index contributed by atoms with van der Waals surface area (Å²) in [4.78, 5) is 27.2. The summed E-state index contributed by atoms with van der Waals surface area (Å²) < 4.78 is 38.0. The van der Waals surface area contributed by atoms with Crippen LogP contribution in [0.4, 0.5) is 13.2 Å². The largest absolute Gasteiger partial charge is 0.416 e. The van der Waals surface area contributed by atoms with Crippen LogP contribution >= 0.6 is 0 Å². The van der Waals surface area contributed by atoms with Gasteiger partial charge in [-0.2, -0.15) is 13.2 Å². The van der Waals surface area contributed by atoms with Gasteiger partial charge in [-0.05, 0) is 36.8 Å². The van der Waals surface area contributed by atoms with Gasteiger partial charge in [-0.15, -0.1) is 0 Å². The van der Waals surface area contributed by atoms with Crippen molar-refractivity contribution in [2.75, 3.05) is 0 Å². The molecular weight excluding hydrogens is 321 g/mol. The summed E-state index contributed by atoms with van der Waals surface area (Å²) in [6.07, 6.45) is -2.89. The van der Waals surface area contributed by atoms with Gasteiger partial charge in [0.25, 0.3) is 5.91 Å². The fourth-order valence-corrected chi connectivity index (χ4v) is 2.11. The standard InChI is InChI=1S/C17H15F3N2O2/c1-11(23)7-15-9-13(5-6-21-15)16(24)22-10-12-3-2-4-14(8-12)17(18,19)20/h2-6,8-9H,7,10H2,1H3,(H,22,24). The molecule has 0 aliphatic rings. The van der Waals surface area contributed by atoms with Crippen molar-refractivity contribution in [2.45, 2.75) is 26.1 Å². The molecule has 126 valence electrons. The van der Waals surface area contributed by atoms with Crippen molar-refractivity contribution in [3.05, 3.63) is 65.0 Å². The molecule has 0 atom stereocenters. The molecule has 24 heavy (non-hydrogen) atoms. The van der Waals surface area contributed by atoms with Gasteiger partial charge >= 0.3 is 6.18 Å². The molecule has 1 aromatic carbocycles. The minimum Gasteiger partial charge on any atom is -0.348 e. The molecular formula is C17H15F3N2O2. The molecule has 1 heterocycles. The van der Waals surface area contributed by atoms with Gasteiger partial charge in [0.2, 0.25) is 0 Å². The van der Waals surface area contributed by atoms with E-state index in [0.29, 0.717) is 16.8 Å². The highest BCUT2D eigenvalue weighted by molar-refractivity contribution is 5.94. The number of aromatic nitrogens is 1. The maximum atomic E-state index is 12.7. The Morgan fingerprint density at radius 1 is 1.17 bits per heavy atom. The first kappa shape index (κ1) is 17.7. The Balaban J connectivity index is 2.04. The first-order valence-electron chi connectivity index (χ1n) is 7.14. The van der Waals surface area contributed by atoms with Crippen LogP contribution in [0.15, 0.2) is 42.6 Å². The van der Waals surface area contributed by atoms with E-state index in [1.165, 1.54) is 37.4 Å². The van der Waals surface area contributed by atoms with Crippen molar-refractivity contribution in [2.24, 2.45) is 0 Å². The number of ketones is 1. The van der Waals surface area contributed by atoms with E-state index < -0.39 is 17.6 Å². The van der Waals surface area contributed by atoms with Crippen molar-refractivity contribution >= 4 is 11.7 Å². The first-order chi connectivity index (χ1) is 11.3. The SMILES string of the molecule is CC(=O)Cc1cc(C(=O)NCc2cccc(C(F)(F)F)c2)ccn1. The molecule has 0 radical (unpaired) electrons. The van der Waals surface area contributed by atoms with E-state index in [1.807, 2.05) is 0 Å². The van der Waals surface area contributed by atoms with Crippen LogP contribution < -0.4 is 5.32 Å². The average Bonchev–Trinajstić information content (AvgIpc) is 2.51. The third kappa shape index (κ3) is 4.91. The van der Waals surface area contributed by atoms with Gasteiger partial charge in [-0.1, -0.05) is 12.1 Å². The minimum absolute atomic E-state index is 0.0346. The molecule has 0 aliphatic carbocycles. The second-order valence-electron chi connectivity index (χ2n) is 5.30. The summed E-state index contributed by atoms with van der Waals surface area (Å²) in [5, 5.41) is 2.56. The zero-order valence-corrected chi connectivity index (χ0v) is 12.9. The zero-order chi connectivity index (χ0) is 17.7. The molecule has 0 saturated carbocycles. The van der Waals surface area contributed by atoms with Crippen LogP contribution in [-0.2, 0) is 23.9 Å². The summed E-state index contributed by atoms with van der Waals surface area (Å²) in [5.41, 5.74) is 0.348. The van der Waals surface area contributed by atoms with E-state index in [1.54, 1.807) is 0 Å². The Hall–Kier alpha value is -2.70. The molecule has 0 bridgehead atoms. The molecule has 0 unspecified atom stereocenters. The van der Waals surface area contributed by atoms with Gasteiger partial charge < -0.3 is 5.32 Å². The molecule has 2 aromatic rings. The molecule has 1 aromatic heterocycles. The Morgan fingerprint density at radius 3 is 2.58 bits per heavy atom. The van der Waals surface area contributed by atoms with E-state index >= 15 is 0 Å². The molecule has 0 fully saturated rings. The number of amides is 1. The van der Waals surface area contributed by atoms with E-state index in [2.05, 4.69) is 10.3 Å². The second-order valence-corrected chi connectivity index (χ2v) is 5.30. The summed E-state index contributed by atoms with van der Waals surface area (Å²) in [6, 6.07) is 7.73. The van der Waals surface area contributed by atoms with Gasteiger partial charge in [0.15, 0.2) is 0 Å². The monoisotopic (exact) mass is 336 g/mol. The Bertz CT molecular complexity index is 757. The van der Waals surface area contributed by atoms with Crippen LogP contribution in [0.1, 0.15) is 34.1 Å². The molecule has 7 heteroatoms. The minimum atomic E-state index is -4.42. The number of hydrogen-bond acceptors (Lipinski definition) is 3. The molecule has 1 N–H and O–H groups in total. The first-order valence-corrected chi connectivity index (χ1v) is 7.14. The summed E-state index contributed by atoms with van der Waals surface area (Å²) in [6.45, 7) is 1.38. The van der Waals surface area contributed by atoms with Crippen molar-refractivity contribution in [3.63, 3.8) is 0 Å². The molecule has 0 aliphatic heterocycles. The van der Waals surface area contributed by atoms with Crippen LogP contribution in [0.2, 0.25) is 0 Å². The second kappa shape index (κ2) is 7.25. The summed E-state index contributed by atoms with van der Waals surface area (Å²) in [5.74, 6) is -0.524. The lowest BCUT2D eigenvalue weighted by Gasteiger charge is -2.10. The number of alkyl halides is 3. The van der Waals surface area contributed by atoms with Crippen LogP contribution in [0.25, 0.3) is 0 Å². The number of halogens is 3. The van der Waals surface area contributed by atoms with Crippen LogP contribution in [0.3, 0.4) is 0 Å². The highest BCUT2D eigenvalue weighted by Gasteiger charge is 2.30. The predicted octanol–water partition coefficient (Wildman–Crippen LogP) is 3.16. The van der Waals surface area contributed by atoms with Crippen molar-refractivity contribution in [1.29, 1.82) is 0 Å². The molecule has 0 spiro atoms. The zero-order valence-electron chi connectivity index (χ0n) is 12.9. The molecule has 4 nitrogen and oxygen atoms in total. The normalized spacial score (nSPS) is 11.2. The number of pyridine rings is 1. The van der Waals surface area contributed by atoms with Gasteiger partial charge in [0, 0.05) is 30.4 Å². The lowest BCUT2D eigenvalue weighted by atomic mass is 10.1. The van der Waals surface area contributed by atoms with Crippen LogP contribution in [0, 0.1) is 0 Å². The summed E-state index contributed by atoms with van der Waals surface area (Å²) in [7, 11) is 0. The highest BCUT2D eigenvalue weighted by Crippen LogP contribution is 2.29. The number of carbonyl (C=O) groups is 2. The number of hydrogen-bond donors (Lipinski definition) is 1. The lowest BCUT2D eigenvalue weighted by molar-refractivity contribution is -0.137. The van der Waals surface area contributed by atoms with E-state index in [0.717, 1.165) is 12.1 Å². The number of rotatable bonds is 5. The quantitative estimate of drug-likeness (QED) is 0.912. The fraction of sp³-hybridized carbons (Fsp3) is 0.235. The van der Waals surface area contributed by atoms with E-state index in [4.69, 9.17) is 0 Å². The molecule has 2 rings (SSSR count). The Morgan fingerprint density at radius 2 is 1.92 bits per heavy atom. The third-order valence-corrected chi connectivity index (χ3v) is 3.22. The maximum absolute atomic E-state index is 12.7. The number of Topliss-reactive ketones (excluding diaryl/α,β-unsaturated/α-hetero) is 1. The molecule has 0 saturated heterocycles. The summed E-state index contributed by atoms with van der Waals surface area (Å²) >= 11 is 0. The number of benzene rings is 1. The topological polar surface area (TPSA) is 59.1 Å². The van der Waals surface area contributed by atoms with Crippen molar-refractivity contribution in [1.82, 2.24) is 10.3 Å². The van der Waals surface area contributed by atoms with Crippen LogP contribution in [-0.4, -0.2) is 16.7 Å². The highest BCUT2D eigenvalue weighted by atomic mass is 19.4. The average molecular weight is 336 g/mol. The number of carbonyl (C=O) groups excluding carboxylic acids is 2. The fourth-order valence-electron chi connectivity index (χ4n) is 2.11. The third-order valence-electron chi connectivity index (χ3n) is 3.22. The Labute approximate surface area is 136 Å². The van der Waals surface area contributed by atoms with Gasteiger partial charge in [0.05, 0.1) is 5.56 Å².